The molecule has 5 atom stereocenters. The lowest BCUT2D eigenvalue weighted by Crippen LogP contribution is -2.52. The van der Waals surface area contributed by atoms with E-state index in [1.54, 1.807) is 58.6 Å². The van der Waals surface area contributed by atoms with Crippen molar-refractivity contribution in [3.05, 3.63) is 53.6 Å². The standard InChI is InChI=1S/C40H50F3N7O6/c1-7-29(46-39(55)56-40(4,5)6)36(51)49-19-24(43)15-26(49)18-28-27-12-10-22(41)16-30(27)44-34(28)35-45-31-17-23(42)11-13-32(31)50(35)20-25-9-8-14-48(25)37(52)33(21(2)3)47-38(53)54/h10-13,16-17,21,24-26,29,33,44,47H,7-9,14-15,18-20H2,1-6H3,(H,46,55)(H,53,54)/t24-,25-,26-,29?,33?/m0/s1. The number of H-pyrrole nitrogens is 1. The first-order chi connectivity index (χ1) is 26.4. The molecule has 2 aromatic heterocycles. The first-order valence-corrected chi connectivity index (χ1v) is 19.1. The van der Waals surface area contributed by atoms with Gasteiger partial charge in [0.2, 0.25) is 11.8 Å². The zero-order chi connectivity index (χ0) is 40.6. The molecule has 56 heavy (non-hydrogen) atoms. The molecule has 4 aromatic rings. The molecule has 4 amide bonds. The Balaban J connectivity index is 1.40. The number of hydrogen-bond donors (Lipinski definition) is 4. The highest BCUT2D eigenvalue weighted by Crippen LogP contribution is 2.37. The van der Waals surface area contributed by atoms with Gasteiger partial charge in [-0.2, -0.15) is 0 Å². The number of benzene rings is 2. The molecule has 2 unspecified atom stereocenters. The molecule has 0 radical (unpaired) electrons. The molecule has 2 fully saturated rings. The molecule has 2 aliphatic rings. The highest BCUT2D eigenvalue weighted by molar-refractivity contribution is 5.92. The van der Waals surface area contributed by atoms with Gasteiger partial charge in [-0.15, -0.1) is 0 Å². The van der Waals surface area contributed by atoms with Gasteiger partial charge < -0.3 is 39.8 Å². The summed E-state index contributed by atoms with van der Waals surface area (Å²) in [6, 6.07) is 5.52. The van der Waals surface area contributed by atoms with Crippen LogP contribution in [0.3, 0.4) is 0 Å². The maximum absolute atomic E-state index is 15.3. The van der Waals surface area contributed by atoms with Crippen molar-refractivity contribution in [1.29, 1.82) is 0 Å². The average molecular weight is 782 g/mol. The van der Waals surface area contributed by atoms with Gasteiger partial charge in [-0.05, 0) is 88.3 Å². The summed E-state index contributed by atoms with van der Waals surface area (Å²) in [5.41, 5.74) is 1.63. The van der Waals surface area contributed by atoms with E-state index < -0.39 is 59.6 Å². The first-order valence-electron chi connectivity index (χ1n) is 19.1. The van der Waals surface area contributed by atoms with Gasteiger partial charge in [0, 0.05) is 48.6 Å². The fraction of sp³-hybridized carbons (Fsp3) is 0.525. The first kappa shape index (κ1) is 40.4. The third-order valence-electron chi connectivity index (χ3n) is 10.6. The van der Waals surface area contributed by atoms with E-state index in [9.17, 15) is 33.1 Å². The second-order valence-electron chi connectivity index (χ2n) is 16.1. The van der Waals surface area contributed by atoms with Crippen LogP contribution in [0.5, 0.6) is 0 Å². The Morgan fingerprint density at radius 2 is 1.73 bits per heavy atom. The SMILES string of the molecule is CCC(NC(=O)OC(C)(C)C)C(=O)N1C[C@@H](F)C[C@H]1Cc1c(-c2nc3cc(F)ccc3n2C[C@@H]2CCCN2C(=O)C(NC(=O)O)C(C)C)[nH]c2cc(F)ccc12. The van der Waals surface area contributed by atoms with Crippen LogP contribution in [0.4, 0.5) is 22.8 Å². The fourth-order valence-corrected chi connectivity index (χ4v) is 8.01. The minimum atomic E-state index is -1.34. The van der Waals surface area contributed by atoms with Crippen LogP contribution >= 0.6 is 0 Å². The Kier molecular flexibility index (Phi) is 11.6. The van der Waals surface area contributed by atoms with Crippen molar-refractivity contribution in [3.8, 4) is 11.5 Å². The Morgan fingerprint density at radius 3 is 2.41 bits per heavy atom. The van der Waals surface area contributed by atoms with Crippen LogP contribution in [0, 0.1) is 17.6 Å². The Hall–Kier alpha value is -5.28. The van der Waals surface area contributed by atoms with Crippen molar-refractivity contribution in [2.75, 3.05) is 13.1 Å². The second-order valence-corrected chi connectivity index (χ2v) is 16.1. The van der Waals surface area contributed by atoms with Crippen molar-refractivity contribution in [1.82, 2.24) is 35.0 Å². The van der Waals surface area contributed by atoms with Crippen LogP contribution in [-0.2, 0) is 27.3 Å². The predicted octanol–water partition coefficient (Wildman–Crippen LogP) is 6.53. The number of nitrogens with one attached hydrogen (secondary N) is 3. The van der Waals surface area contributed by atoms with Crippen molar-refractivity contribution >= 4 is 45.9 Å². The number of hydrogen-bond acceptors (Lipinski definition) is 6. The number of rotatable bonds is 11. The number of alkyl carbamates (subject to hydrolysis) is 1. The van der Waals surface area contributed by atoms with Crippen molar-refractivity contribution in [2.24, 2.45) is 5.92 Å². The lowest BCUT2D eigenvalue weighted by atomic mass is 9.99. The van der Waals surface area contributed by atoms with E-state index in [4.69, 9.17) is 9.72 Å². The molecule has 0 saturated carbocycles. The van der Waals surface area contributed by atoms with Crippen LogP contribution in [0.15, 0.2) is 36.4 Å². The minimum Gasteiger partial charge on any atom is -0.465 e. The number of fused-ring (bicyclic) bond motifs is 2. The molecule has 16 heteroatoms. The van der Waals surface area contributed by atoms with Crippen LogP contribution in [-0.4, -0.2) is 102 Å². The van der Waals surface area contributed by atoms with Crippen LogP contribution in [0.1, 0.15) is 72.8 Å². The summed E-state index contributed by atoms with van der Waals surface area (Å²) in [5, 5.41) is 15.1. The number of carbonyl (C=O) groups excluding carboxylic acids is 3. The number of alkyl halides is 1. The molecule has 2 aliphatic heterocycles. The molecular weight excluding hydrogens is 731 g/mol. The van der Waals surface area contributed by atoms with Gasteiger partial charge in [-0.3, -0.25) is 9.59 Å². The van der Waals surface area contributed by atoms with Gasteiger partial charge in [-0.25, -0.2) is 27.7 Å². The van der Waals surface area contributed by atoms with Crippen molar-refractivity contribution < 1.29 is 42.2 Å². The number of likely N-dealkylation sites (tertiary alicyclic amines) is 2. The molecule has 4 heterocycles. The maximum atomic E-state index is 15.3. The van der Waals surface area contributed by atoms with E-state index in [1.807, 2.05) is 4.57 Å². The summed E-state index contributed by atoms with van der Waals surface area (Å²) in [5.74, 6) is -1.75. The van der Waals surface area contributed by atoms with E-state index in [-0.39, 0.29) is 50.2 Å². The van der Waals surface area contributed by atoms with Crippen LogP contribution in [0.2, 0.25) is 0 Å². The monoisotopic (exact) mass is 781 g/mol. The Morgan fingerprint density at radius 1 is 1.02 bits per heavy atom. The van der Waals surface area contributed by atoms with E-state index in [2.05, 4.69) is 15.6 Å². The van der Waals surface area contributed by atoms with Gasteiger partial charge in [-0.1, -0.05) is 20.8 Å². The van der Waals surface area contributed by atoms with E-state index >= 15 is 4.39 Å². The third kappa shape index (κ3) is 8.58. The number of nitrogens with zero attached hydrogens (tertiary/aromatic N) is 4. The quantitative estimate of drug-likeness (QED) is 0.135. The summed E-state index contributed by atoms with van der Waals surface area (Å²) in [6.07, 6.45) is -1.71. The molecule has 2 aromatic carbocycles. The summed E-state index contributed by atoms with van der Waals surface area (Å²) >= 11 is 0. The zero-order valence-corrected chi connectivity index (χ0v) is 32.5. The Labute approximate surface area is 322 Å². The van der Waals surface area contributed by atoms with E-state index in [0.29, 0.717) is 58.4 Å². The van der Waals surface area contributed by atoms with Crippen molar-refractivity contribution in [3.63, 3.8) is 0 Å². The lowest BCUT2D eigenvalue weighted by molar-refractivity contribution is -0.135. The van der Waals surface area contributed by atoms with Gasteiger partial charge in [0.25, 0.3) is 0 Å². The number of amides is 4. The highest BCUT2D eigenvalue weighted by atomic mass is 19.1. The molecule has 0 aliphatic carbocycles. The lowest BCUT2D eigenvalue weighted by Gasteiger charge is -2.31. The van der Waals surface area contributed by atoms with Gasteiger partial charge in [0.15, 0.2) is 5.82 Å². The van der Waals surface area contributed by atoms with E-state index in [0.717, 1.165) is 0 Å². The number of carboxylic acid groups (broad SMARTS) is 1. The molecule has 2 saturated heterocycles. The van der Waals surface area contributed by atoms with E-state index in [1.165, 1.54) is 29.2 Å². The summed E-state index contributed by atoms with van der Waals surface area (Å²) in [7, 11) is 0. The van der Waals surface area contributed by atoms with Gasteiger partial charge in [0.05, 0.1) is 23.3 Å². The number of carbonyl (C=O) groups is 4. The topological polar surface area (TPSA) is 162 Å². The van der Waals surface area contributed by atoms with Crippen LogP contribution in [0.25, 0.3) is 33.5 Å². The van der Waals surface area contributed by atoms with Crippen molar-refractivity contribution in [2.45, 2.75) is 116 Å². The summed E-state index contributed by atoms with van der Waals surface area (Å²) in [6.45, 7) is 10.9. The normalized spacial score (nSPS) is 19.9. The number of aromatic amines is 1. The average Bonchev–Trinajstić information content (AvgIpc) is 3.89. The number of aromatic nitrogens is 3. The largest absolute Gasteiger partial charge is 0.465 e. The molecule has 0 spiro atoms. The van der Waals surface area contributed by atoms with Gasteiger partial charge in [0.1, 0.15) is 35.5 Å². The molecule has 6 rings (SSSR count). The predicted molar refractivity (Wildman–Crippen MR) is 204 cm³/mol. The molecule has 4 N–H and O–H groups in total. The smallest absolute Gasteiger partial charge is 0.408 e. The zero-order valence-electron chi connectivity index (χ0n) is 32.5. The maximum Gasteiger partial charge on any atom is 0.408 e. The Bertz CT molecular complexity index is 2130. The van der Waals surface area contributed by atoms with Crippen LogP contribution < -0.4 is 10.6 Å². The summed E-state index contributed by atoms with van der Waals surface area (Å²) < 4.78 is 52.0. The minimum absolute atomic E-state index is 0.0179. The fourth-order valence-electron chi connectivity index (χ4n) is 8.01. The molecular formula is C40H50F3N7O6. The highest BCUT2D eigenvalue weighted by Gasteiger charge is 2.40. The molecule has 0 bridgehead atoms. The third-order valence-corrected chi connectivity index (χ3v) is 10.6. The number of halogens is 3. The van der Waals surface area contributed by atoms with Gasteiger partial charge >= 0.3 is 12.2 Å². The number of imidazole rings is 1. The number of ether oxygens (including phenoxy) is 1. The molecule has 13 nitrogen and oxygen atoms in total. The summed E-state index contributed by atoms with van der Waals surface area (Å²) in [4.78, 5) is 63.3. The molecule has 302 valence electrons. The second kappa shape index (κ2) is 16.1.